The molecule has 6 nitrogen and oxygen atoms in total. The van der Waals surface area contributed by atoms with E-state index in [2.05, 4.69) is 10.6 Å². The van der Waals surface area contributed by atoms with Gasteiger partial charge in [0.1, 0.15) is 0 Å². The molecule has 2 atom stereocenters. The Morgan fingerprint density at radius 1 is 1.47 bits per heavy atom. The summed E-state index contributed by atoms with van der Waals surface area (Å²) in [6, 6.07) is -0.206. The first-order chi connectivity index (χ1) is 8.04. The Balaban J connectivity index is 2.21. The van der Waals surface area contributed by atoms with Crippen LogP contribution in [-0.4, -0.2) is 42.9 Å². The lowest BCUT2D eigenvalue weighted by molar-refractivity contribution is -0.147. The first kappa shape index (κ1) is 13.8. The molecule has 2 unspecified atom stereocenters. The molecule has 3 N–H and O–H groups in total. The predicted octanol–water partition coefficient (Wildman–Crippen LogP) is 0.574. The Morgan fingerprint density at radius 3 is 2.53 bits per heavy atom. The highest BCUT2D eigenvalue weighted by molar-refractivity contribution is 5.77. The summed E-state index contributed by atoms with van der Waals surface area (Å²) in [7, 11) is 1.30. The molecule has 98 valence electrons. The van der Waals surface area contributed by atoms with Gasteiger partial charge in [-0.2, -0.15) is 0 Å². The van der Waals surface area contributed by atoms with Crippen molar-refractivity contribution in [3.8, 4) is 0 Å². The average molecular weight is 244 g/mol. The van der Waals surface area contributed by atoms with Gasteiger partial charge in [-0.05, 0) is 25.7 Å². The smallest absolute Gasteiger partial charge is 0.334 e. The number of carbonyl (C=O) groups excluding carboxylic acids is 1. The van der Waals surface area contributed by atoms with Gasteiger partial charge in [-0.3, -0.25) is 0 Å². The molecule has 0 saturated heterocycles. The molecule has 2 amide bonds. The van der Waals surface area contributed by atoms with E-state index >= 15 is 0 Å². The lowest BCUT2D eigenvalue weighted by atomic mass is 9.80. The molecule has 0 radical (unpaired) electrons. The molecular weight excluding hydrogens is 224 g/mol. The van der Waals surface area contributed by atoms with Crippen molar-refractivity contribution >= 4 is 12.0 Å². The van der Waals surface area contributed by atoms with E-state index in [0.29, 0.717) is 5.92 Å². The molecule has 17 heavy (non-hydrogen) atoms. The van der Waals surface area contributed by atoms with Crippen molar-refractivity contribution in [1.82, 2.24) is 10.6 Å². The quantitative estimate of drug-likeness (QED) is 0.637. The second kappa shape index (κ2) is 6.44. The summed E-state index contributed by atoms with van der Waals surface area (Å²) in [4.78, 5) is 22.1. The van der Waals surface area contributed by atoms with Gasteiger partial charge < -0.3 is 20.5 Å². The molecule has 0 bridgehead atoms. The van der Waals surface area contributed by atoms with Gasteiger partial charge in [-0.15, -0.1) is 0 Å². The summed E-state index contributed by atoms with van der Waals surface area (Å²) in [5, 5.41) is 14.0. The minimum absolute atomic E-state index is 0.0327. The number of nitrogens with one attached hydrogen (secondary N) is 2. The molecule has 1 aliphatic carbocycles. The molecule has 0 aromatic carbocycles. The number of carboxylic acids is 1. The van der Waals surface area contributed by atoms with Crippen LogP contribution < -0.4 is 10.6 Å². The number of rotatable bonds is 6. The Kier molecular flexibility index (Phi) is 5.21. The van der Waals surface area contributed by atoms with E-state index in [1.807, 2.05) is 6.92 Å². The minimum atomic E-state index is -1.08. The second-order valence-electron chi connectivity index (χ2n) is 4.40. The van der Waals surface area contributed by atoms with Gasteiger partial charge in [0.2, 0.25) is 0 Å². The zero-order valence-corrected chi connectivity index (χ0v) is 10.2. The third-order valence-electron chi connectivity index (χ3n) is 3.22. The van der Waals surface area contributed by atoms with Gasteiger partial charge in [-0.1, -0.05) is 6.42 Å². The van der Waals surface area contributed by atoms with Crippen LogP contribution in [0.3, 0.4) is 0 Å². The summed E-state index contributed by atoms with van der Waals surface area (Å²) in [6.07, 6.45) is 2.53. The van der Waals surface area contributed by atoms with Crippen molar-refractivity contribution in [2.45, 2.75) is 38.3 Å². The summed E-state index contributed by atoms with van der Waals surface area (Å²) >= 11 is 0. The van der Waals surface area contributed by atoms with Crippen LogP contribution in [0.25, 0.3) is 0 Å². The molecule has 0 aromatic rings. The fraction of sp³-hybridized carbons (Fsp3) is 0.818. The third kappa shape index (κ3) is 4.22. The molecule has 0 aromatic heterocycles. The first-order valence-corrected chi connectivity index (χ1v) is 5.84. The van der Waals surface area contributed by atoms with E-state index in [-0.39, 0.29) is 18.6 Å². The molecule has 1 rings (SSSR count). The van der Waals surface area contributed by atoms with Crippen LogP contribution in [0.1, 0.15) is 26.2 Å². The molecule has 1 aliphatic rings. The Hall–Kier alpha value is -1.30. The Morgan fingerprint density at radius 2 is 2.12 bits per heavy atom. The van der Waals surface area contributed by atoms with Gasteiger partial charge in [0.15, 0.2) is 6.10 Å². The number of methoxy groups -OCH3 is 1. The van der Waals surface area contributed by atoms with Crippen molar-refractivity contribution in [3.63, 3.8) is 0 Å². The number of carbonyl (C=O) groups is 2. The highest BCUT2D eigenvalue weighted by Crippen LogP contribution is 2.29. The fourth-order valence-electron chi connectivity index (χ4n) is 1.77. The third-order valence-corrected chi connectivity index (χ3v) is 3.22. The van der Waals surface area contributed by atoms with Crippen LogP contribution in [0.15, 0.2) is 0 Å². The van der Waals surface area contributed by atoms with Crippen LogP contribution in [0.2, 0.25) is 0 Å². The maximum absolute atomic E-state index is 11.5. The molecular formula is C11H20N2O4. The molecule has 0 aliphatic heterocycles. The van der Waals surface area contributed by atoms with Gasteiger partial charge in [0.05, 0.1) is 6.54 Å². The van der Waals surface area contributed by atoms with Crippen LogP contribution in [-0.2, 0) is 9.53 Å². The molecule has 1 saturated carbocycles. The highest BCUT2D eigenvalue weighted by atomic mass is 16.5. The summed E-state index contributed by atoms with van der Waals surface area (Å²) < 4.78 is 4.70. The van der Waals surface area contributed by atoms with Crippen molar-refractivity contribution in [1.29, 1.82) is 0 Å². The van der Waals surface area contributed by atoms with Crippen molar-refractivity contribution < 1.29 is 19.4 Å². The molecule has 0 heterocycles. The highest BCUT2D eigenvalue weighted by Gasteiger charge is 2.25. The van der Waals surface area contributed by atoms with Crippen LogP contribution in [0.4, 0.5) is 4.79 Å². The zero-order valence-electron chi connectivity index (χ0n) is 10.2. The Bertz CT molecular complexity index is 279. The van der Waals surface area contributed by atoms with Gasteiger partial charge in [0.25, 0.3) is 0 Å². The van der Waals surface area contributed by atoms with Crippen LogP contribution in [0, 0.1) is 5.92 Å². The predicted molar refractivity (Wildman–Crippen MR) is 61.8 cm³/mol. The maximum atomic E-state index is 11.5. The second-order valence-corrected chi connectivity index (χ2v) is 4.40. The Labute approximate surface area is 101 Å². The maximum Gasteiger partial charge on any atom is 0.334 e. The van der Waals surface area contributed by atoms with Crippen LogP contribution >= 0.6 is 0 Å². The van der Waals surface area contributed by atoms with Crippen molar-refractivity contribution in [2.75, 3.05) is 13.7 Å². The number of hydrogen-bond acceptors (Lipinski definition) is 3. The summed E-state index contributed by atoms with van der Waals surface area (Å²) in [5.41, 5.74) is 0. The number of carboxylic acid groups (broad SMARTS) is 1. The largest absolute Gasteiger partial charge is 0.479 e. The zero-order chi connectivity index (χ0) is 12.8. The molecule has 6 heteroatoms. The normalized spacial score (nSPS) is 18.9. The monoisotopic (exact) mass is 244 g/mol. The minimum Gasteiger partial charge on any atom is -0.479 e. The van der Waals surface area contributed by atoms with Crippen molar-refractivity contribution in [2.24, 2.45) is 5.92 Å². The van der Waals surface area contributed by atoms with E-state index < -0.39 is 12.1 Å². The van der Waals surface area contributed by atoms with Crippen LogP contribution in [0.5, 0.6) is 0 Å². The van der Waals surface area contributed by atoms with E-state index in [9.17, 15) is 9.59 Å². The van der Waals surface area contributed by atoms with E-state index in [4.69, 9.17) is 9.84 Å². The standard InChI is InChI=1S/C11H20N2O4/c1-7(8-4-3-5-8)13-11(16)12-6-9(17-2)10(14)15/h7-9H,3-6H2,1-2H3,(H,14,15)(H2,12,13,16). The fourth-order valence-corrected chi connectivity index (χ4v) is 1.77. The molecule has 1 fully saturated rings. The van der Waals surface area contributed by atoms with E-state index in [1.54, 1.807) is 0 Å². The number of urea groups is 1. The van der Waals surface area contributed by atoms with Gasteiger partial charge >= 0.3 is 12.0 Å². The number of hydrogen-bond donors (Lipinski definition) is 3. The SMILES string of the molecule is COC(CNC(=O)NC(C)C1CCC1)C(=O)O. The molecule has 0 spiro atoms. The van der Waals surface area contributed by atoms with Crippen molar-refractivity contribution in [3.05, 3.63) is 0 Å². The number of amides is 2. The lowest BCUT2D eigenvalue weighted by Gasteiger charge is -2.31. The topological polar surface area (TPSA) is 87.7 Å². The first-order valence-electron chi connectivity index (χ1n) is 5.84. The number of ether oxygens (including phenoxy) is 1. The summed E-state index contributed by atoms with van der Waals surface area (Å²) in [6.45, 7) is 1.93. The van der Waals surface area contributed by atoms with E-state index in [0.717, 1.165) is 12.8 Å². The van der Waals surface area contributed by atoms with Gasteiger partial charge in [0, 0.05) is 13.2 Å². The average Bonchev–Trinajstić information content (AvgIpc) is 2.14. The van der Waals surface area contributed by atoms with E-state index in [1.165, 1.54) is 13.5 Å². The number of aliphatic carboxylic acids is 1. The summed E-state index contributed by atoms with van der Waals surface area (Å²) in [5.74, 6) is -0.529. The van der Waals surface area contributed by atoms with Gasteiger partial charge in [-0.25, -0.2) is 9.59 Å². The lowest BCUT2D eigenvalue weighted by Crippen LogP contribution is -2.48.